The molecule has 0 saturated heterocycles. The third-order valence-electron chi connectivity index (χ3n) is 2.26. The van der Waals surface area contributed by atoms with Gasteiger partial charge in [-0.2, -0.15) is 0 Å². The van der Waals surface area contributed by atoms with Crippen LogP contribution in [0.1, 0.15) is 17.3 Å². The Morgan fingerprint density at radius 3 is 2.69 bits per heavy atom. The Bertz CT molecular complexity index is 461. The predicted octanol–water partition coefficient (Wildman–Crippen LogP) is 1.68. The summed E-state index contributed by atoms with van der Waals surface area (Å²) in [5, 5.41) is 0.649. The fourth-order valence-corrected chi connectivity index (χ4v) is 1.75. The second-order valence-corrected chi connectivity index (χ2v) is 3.66. The number of hydrogen-bond acceptors (Lipinski definition) is 4. The maximum absolute atomic E-state index is 6.10. The van der Waals surface area contributed by atoms with E-state index in [-0.39, 0.29) is 6.04 Å². The Hall–Kier alpha value is -1.49. The van der Waals surface area contributed by atoms with Crippen LogP contribution in [0.2, 0.25) is 5.02 Å². The highest BCUT2D eigenvalue weighted by molar-refractivity contribution is 6.31. The molecule has 2 aromatic rings. The van der Waals surface area contributed by atoms with Gasteiger partial charge in [-0.25, -0.2) is 5.43 Å². The average molecular weight is 235 g/mol. The molecule has 5 heteroatoms. The highest BCUT2D eigenvalue weighted by Gasteiger charge is 2.16. The molecule has 1 heterocycles. The zero-order valence-corrected chi connectivity index (χ0v) is 9.22. The van der Waals surface area contributed by atoms with Crippen molar-refractivity contribution >= 4 is 11.6 Å². The standard InChI is InChI=1S/C11H11ClN4/c12-9-4-2-1-3-8(9)11(16-13)10-7-14-5-6-15-10/h1-7,11,16H,13H2. The van der Waals surface area contributed by atoms with Gasteiger partial charge in [-0.15, -0.1) is 0 Å². The van der Waals surface area contributed by atoms with E-state index in [1.807, 2.05) is 24.3 Å². The Morgan fingerprint density at radius 2 is 2.06 bits per heavy atom. The Labute approximate surface area is 98.5 Å². The van der Waals surface area contributed by atoms with Crippen LogP contribution in [0.15, 0.2) is 42.9 Å². The van der Waals surface area contributed by atoms with Gasteiger partial charge in [-0.3, -0.25) is 15.8 Å². The number of halogens is 1. The number of rotatable bonds is 3. The molecule has 1 unspecified atom stereocenters. The molecule has 3 N–H and O–H groups in total. The molecule has 82 valence electrons. The van der Waals surface area contributed by atoms with E-state index >= 15 is 0 Å². The lowest BCUT2D eigenvalue weighted by molar-refractivity contribution is 0.618. The van der Waals surface area contributed by atoms with Gasteiger partial charge in [0.05, 0.1) is 17.9 Å². The summed E-state index contributed by atoms with van der Waals surface area (Å²) in [6.07, 6.45) is 4.90. The van der Waals surface area contributed by atoms with Gasteiger partial charge in [-0.05, 0) is 11.6 Å². The first-order valence-electron chi connectivity index (χ1n) is 4.79. The predicted molar refractivity (Wildman–Crippen MR) is 62.7 cm³/mol. The lowest BCUT2D eigenvalue weighted by atomic mass is 10.0. The molecule has 0 aliphatic carbocycles. The first kappa shape index (κ1) is 11.0. The van der Waals surface area contributed by atoms with E-state index in [2.05, 4.69) is 15.4 Å². The van der Waals surface area contributed by atoms with Crippen molar-refractivity contribution in [3.63, 3.8) is 0 Å². The number of benzene rings is 1. The molecule has 0 bridgehead atoms. The summed E-state index contributed by atoms with van der Waals surface area (Å²) in [6, 6.07) is 7.25. The van der Waals surface area contributed by atoms with Gasteiger partial charge < -0.3 is 0 Å². The molecular weight excluding hydrogens is 224 g/mol. The molecule has 0 saturated carbocycles. The first-order valence-corrected chi connectivity index (χ1v) is 5.17. The molecule has 4 nitrogen and oxygen atoms in total. The molecule has 1 aromatic heterocycles. The van der Waals surface area contributed by atoms with Crippen molar-refractivity contribution in [3.05, 3.63) is 59.1 Å². The summed E-state index contributed by atoms with van der Waals surface area (Å²) in [5.41, 5.74) is 4.30. The van der Waals surface area contributed by atoms with Gasteiger partial charge in [-0.1, -0.05) is 29.8 Å². The Balaban J connectivity index is 2.41. The molecule has 0 aliphatic heterocycles. The van der Waals surface area contributed by atoms with Crippen molar-refractivity contribution in [2.75, 3.05) is 0 Å². The van der Waals surface area contributed by atoms with E-state index in [9.17, 15) is 0 Å². The maximum atomic E-state index is 6.10. The van der Waals surface area contributed by atoms with Crippen LogP contribution in [-0.2, 0) is 0 Å². The average Bonchev–Trinajstić information content (AvgIpc) is 2.34. The summed E-state index contributed by atoms with van der Waals surface area (Å²) >= 11 is 6.10. The minimum absolute atomic E-state index is 0.248. The minimum atomic E-state index is -0.248. The van der Waals surface area contributed by atoms with Crippen LogP contribution in [0, 0.1) is 0 Å². The number of aromatic nitrogens is 2. The summed E-state index contributed by atoms with van der Waals surface area (Å²) in [5.74, 6) is 5.53. The van der Waals surface area contributed by atoms with Crippen molar-refractivity contribution in [2.24, 2.45) is 5.84 Å². The van der Waals surface area contributed by atoms with Crippen LogP contribution in [0.5, 0.6) is 0 Å². The fraction of sp³-hybridized carbons (Fsp3) is 0.0909. The van der Waals surface area contributed by atoms with E-state index < -0.39 is 0 Å². The van der Waals surface area contributed by atoms with Crippen LogP contribution in [-0.4, -0.2) is 9.97 Å². The van der Waals surface area contributed by atoms with Gasteiger partial charge in [0.1, 0.15) is 0 Å². The van der Waals surface area contributed by atoms with Gasteiger partial charge in [0.15, 0.2) is 0 Å². The Kier molecular flexibility index (Phi) is 3.46. The number of nitrogens with two attached hydrogens (primary N) is 1. The summed E-state index contributed by atoms with van der Waals surface area (Å²) in [7, 11) is 0. The molecule has 0 amide bonds. The number of hydrogen-bond donors (Lipinski definition) is 2. The molecule has 0 aliphatic rings. The number of nitrogens with one attached hydrogen (secondary N) is 1. The van der Waals surface area contributed by atoms with Crippen molar-refractivity contribution in [1.29, 1.82) is 0 Å². The second kappa shape index (κ2) is 5.03. The van der Waals surface area contributed by atoms with E-state index in [1.165, 1.54) is 0 Å². The molecule has 16 heavy (non-hydrogen) atoms. The van der Waals surface area contributed by atoms with E-state index in [1.54, 1.807) is 18.6 Å². The fourth-order valence-electron chi connectivity index (χ4n) is 1.50. The van der Waals surface area contributed by atoms with Crippen LogP contribution < -0.4 is 11.3 Å². The van der Waals surface area contributed by atoms with E-state index in [4.69, 9.17) is 17.4 Å². The molecule has 2 rings (SSSR count). The first-order chi connectivity index (χ1) is 7.83. The van der Waals surface area contributed by atoms with Crippen LogP contribution in [0.25, 0.3) is 0 Å². The van der Waals surface area contributed by atoms with Crippen molar-refractivity contribution in [2.45, 2.75) is 6.04 Å². The molecule has 0 fully saturated rings. The maximum Gasteiger partial charge on any atom is 0.0911 e. The van der Waals surface area contributed by atoms with Crippen LogP contribution in [0.4, 0.5) is 0 Å². The third-order valence-corrected chi connectivity index (χ3v) is 2.61. The summed E-state index contributed by atoms with van der Waals surface area (Å²) in [4.78, 5) is 8.21. The highest BCUT2D eigenvalue weighted by Crippen LogP contribution is 2.25. The van der Waals surface area contributed by atoms with Gasteiger partial charge in [0, 0.05) is 17.4 Å². The second-order valence-electron chi connectivity index (χ2n) is 3.25. The lowest BCUT2D eigenvalue weighted by Crippen LogP contribution is -2.29. The Morgan fingerprint density at radius 1 is 1.25 bits per heavy atom. The topological polar surface area (TPSA) is 63.8 Å². The monoisotopic (exact) mass is 234 g/mol. The van der Waals surface area contributed by atoms with Gasteiger partial charge in [0.25, 0.3) is 0 Å². The van der Waals surface area contributed by atoms with Crippen molar-refractivity contribution in [3.8, 4) is 0 Å². The minimum Gasteiger partial charge on any atom is -0.271 e. The largest absolute Gasteiger partial charge is 0.271 e. The lowest BCUT2D eigenvalue weighted by Gasteiger charge is -2.16. The van der Waals surface area contributed by atoms with Crippen molar-refractivity contribution in [1.82, 2.24) is 15.4 Å². The molecule has 1 atom stereocenters. The van der Waals surface area contributed by atoms with Gasteiger partial charge >= 0.3 is 0 Å². The van der Waals surface area contributed by atoms with Gasteiger partial charge in [0.2, 0.25) is 0 Å². The third kappa shape index (κ3) is 2.19. The quantitative estimate of drug-likeness (QED) is 0.627. The number of nitrogens with zero attached hydrogens (tertiary/aromatic N) is 2. The van der Waals surface area contributed by atoms with Crippen molar-refractivity contribution < 1.29 is 0 Å². The molecule has 1 aromatic carbocycles. The highest BCUT2D eigenvalue weighted by atomic mass is 35.5. The zero-order chi connectivity index (χ0) is 11.4. The summed E-state index contributed by atoms with van der Waals surface area (Å²) in [6.45, 7) is 0. The van der Waals surface area contributed by atoms with Crippen LogP contribution in [0.3, 0.4) is 0 Å². The van der Waals surface area contributed by atoms with E-state index in [0.717, 1.165) is 11.3 Å². The smallest absolute Gasteiger partial charge is 0.0911 e. The molecular formula is C11H11ClN4. The van der Waals surface area contributed by atoms with E-state index in [0.29, 0.717) is 5.02 Å². The SMILES string of the molecule is NNC(c1cnccn1)c1ccccc1Cl. The number of hydrazine groups is 1. The van der Waals surface area contributed by atoms with Crippen LogP contribution >= 0.6 is 11.6 Å². The molecule has 0 spiro atoms. The summed E-state index contributed by atoms with van der Waals surface area (Å²) < 4.78 is 0. The normalized spacial score (nSPS) is 12.4. The zero-order valence-electron chi connectivity index (χ0n) is 8.47. The molecule has 0 radical (unpaired) electrons.